The molecular weight excluding hydrogens is 263 g/mol. The highest BCUT2D eigenvalue weighted by atomic mass is 19.4. The van der Waals surface area contributed by atoms with Gasteiger partial charge in [-0.15, -0.1) is 0 Å². The van der Waals surface area contributed by atoms with Crippen LogP contribution in [0.4, 0.5) is 13.2 Å². The van der Waals surface area contributed by atoms with Crippen LogP contribution in [-0.4, -0.2) is 6.54 Å². The van der Waals surface area contributed by atoms with Crippen molar-refractivity contribution in [2.45, 2.75) is 45.2 Å². The van der Waals surface area contributed by atoms with Crippen molar-refractivity contribution in [3.63, 3.8) is 0 Å². The van der Waals surface area contributed by atoms with Crippen LogP contribution < -0.4 is 5.73 Å². The van der Waals surface area contributed by atoms with Gasteiger partial charge in [-0.2, -0.15) is 13.2 Å². The van der Waals surface area contributed by atoms with Gasteiger partial charge in [0.1, 0.15) is 0 Å². The van der Waals surface area contributed by atoms with Crippen LogP contribution in [0.1, 0.15) is 43.7 Å². The quantitative estimate of drug-likeness (QED) is 0.721. The molecule has 1 rings (SSSR count). The second-order valence-electron chi connectivity index (χ2n) is 4.84. The predicted molar refractivity (Wildman–Crippen MR) is 76.4 cm³/mol. The molecule has 0 aliphatic heterocycles. The number of hydrogen-bond acceptors (Lipinski definition) is 1. The molecule has 0 aliphatic rings. The van der Waals surface area contributed by atoms with E-state index < -0.39 is 11.7 Å². The maximum Gasteiger partial charge on any atom is 0.416 e. The highest BCUT2D eigenvalue weighted by Crippen LogP contribution is 2.29. The second kappa shape index (κ2) is 8.10. The van der Waals surface area contributed by atoms with Crippen molar-refractivity contribution in [1.82, 2.24) is 0 Å². The van der Waals surface area contributed by atoms with Gasteiger partial charge in [0, 0.05) is 0 Å². The summed E-state index contributed by atoms with van der Waals surface area (Å²) in [5.74, 6) is 0. The highest BCUT2D eigenvalue weighted by molar-refractivity contribution is 5.25. The van der Waals surface area contributed by atoms with Gasteiger partial charge in [0.05, 0.1) is 5.56 Å². The average molecular weight is 285 g/mol. The zero-order chi connectivity index (χ0) is 15.0. The largest absolute Gasteiger partial charge is 0.416 e. The van der Waals surface area contributed by atoms with Gasteiger partial charge in [0.25, 0.3) is 0 Å². The zero-order valence-electron chi connectivity index (χ0n) is 11.8. The molecule has 0 atom stereocenters. The van der Waals surface area contributed by atoms with Crippen LogP contribution >= 0.6 is 0 Å². The van der Waals surface area contributed by atoms with Crippen molar-refractivity contribution in [3.8, 4) is 0 Å². The summed E-state index contributed by atoms with van der Waals surface area (Å²) in [6, 6.07) is 5.41. The van der Waals surface area contributed by atoms with Crippen LogP contribution in [0.15, 0.2) is 35.9 Å². The SMILES string of the molecule is CCC(=CCCc1ccc(C(F)(F)F)cc1)CCCN. The molecular formula is C16H22F3N. The Kier molecular flexibility index (Phi) is 6.79. The van der Waals surface area contributed by atoms with E-state index in [4.69, 9.17) is 5.73 Å². The fourth-order valence-corrected chi connectivity index (χ4v) is 2.06. The van der Waals surface area contributed by atoms with E-state index in [-0.39, 0.29) is 0 Å². The van der Waals surface area contributed by atoms with E-state index >= 15 is 0 Å². The number of aryl methyl sites for hydroxylation is 1. The van der Waals surface area contributed by atoms with Gasteiger partial charge >= 0.3 is 6.18 Å². The molecule has 0 amide bonds. The molecule has 0 fully saturated rings. The Balaban J connectivity index is 2.51. The van der Waals surface area contributed by atoms with Crippen LogP contribution in [0.2, 0.25) is 0 Å². The van der Waals surface area contributed by atoms with E-state index in [1.54, 1.807) is 12.1 Å². The first-order chi connectivity index (χ1) is 9.47. The number of alkyl halides is 3. The maximum atomic E-state index is 12.4. The third-order valence-corrected chi connectivity index (χ3v) is 3.30. The molecule has 0 aliphatic carbocycles. The molecule has 0 bridgehead atoms. The lowest BCUT2D eigenvalue weighted by Gasteiger charge is -2.07. The first-order valence-corrected chi connectivity index (χ1v) is 7.01. The van der Waals surface area contributed by atoms with Gasteiger partial charge < -0.3 is 5.73 Å². The number of benzene rings is 1. The summed E-state index contributed by atoms with van der Waals surface area (Å²) in [5.41, 5.74) is 7.20. The lowest BCUT2D eigenvalue weighted by Crippen LogP contribution is -2.04. The third-order valence-electron chi connectivity index (χ3n) is 3.30. The topological polar surface area (TPSA) is 26.0 Å². The third kappa shape index (κ3) is 5.78. The number of halogens is 3. The Labute approximate surface area is 118 Å². The monoisotopic (exact) mass is 285 g/mol. The average Bonchev–Trinajstić information content (AvgIpc) is 2.42. The van der Waals surface area contributed by atoms with E-state index in [2.05, 4.69) is 13.0 Å². The summed E-state index contributed by atoms with van der Waals surface area (Å²) in [7, 11) is 0. The lowest BCUT2D eigenvalue weighted by molar-refractivity contribution is -0.137. The Morgan fingerprint density at radius 2 is 1.85 bits per heavy atom. The molecule has 0 saturated heterocycles. The molecule has 0 unspecified atom stereocenters. The maximum absolute atomic E-state index is 12.4. The fraction of sp³-hybridized carbons (Fsp3) is 0.500. The van der Waals surface area contributed by atoms with Crippen molar-refractivity contribution in [3.05, 3.63) is 47.0 Å². The molecule has 1 aromatic rings. The molecule has 2 N–H and O–H groups in total. The molecule has 1 nitrogen and oxygen atoms in total. The number of hydrogen-bond donors (Lipinski definition) is 1. The molecule has 112 valence electrons. The molecule has 4 heteroatoms. The molecule has 0 radical (unpaired) electrons. The Bertz CT molecular complexity index is 418. The predicted octanol–water partition coefficient (Wildman–Crippen LogP) is 4.71. The van der Waals surface area contributed by atoms with Gasteiger partial charge in [-0.3, -0.25) is 0 Å². The van der Waals surface area contributed by atoms with E-state index in [1.165, 1.54) is 5.57 Å². The van der Waals surface area contributed by atoms with E-state index in [0.717, 1.165) is 49.8 Å². The van der Waals surface area contributed by atoms with Crippen molar-refractivity contribution in [1.29, 1.82) is 0 Å². The lowest BCUT2D eigenvalue weighted by atomic mass is 10.0. The smallest absolute Gasteiger partial charge is 0.330 e. The molecule has 0 spiro atoms. The van der Waals surface area contributed by atoms with Crippen molar-refractivity contribution in [2.75, 3.05) is 6.54 Å². The molecule has 0 aromatic heterocycles. The highest BCUT2D eigenvalue weighted by Gasteiger charge is 2.29. The Hall–Kier alpha value is -1.29. The Morgan fingerprint density at radius 1 is 1.20 bits per heavy atom. The second-order valence-corrected chi connectivity index (χ2v) is 4.84. The molecule has 1 aromatic carbocycles. The van der Waals surface area contributed by atoms with Gasteiger partial charge in [-0.05, 0) is 56.3 Å². The van der Waals surface area contributed by atoms with Crippen LogP contribution in [0.5, 0.6) is 0 Å². The van der Waals surface area contributed by atoms with Gasteiger partial charge in [0.2, 0.25) is 0 Å². The van der Waals surface area contributed by atoms with Gasteiger partial charge in [-0.1, -0.05) is 30.7 Å². The summed E-state index contributed by atoms with van der Waals surface area (Å²) in [6.45, 7) is 2.80. The summed E-state index contributed by atoms with van der Waals surface area (Å²) >= 11 is 0. The van der Waals surface area contributed by atoms with Gasteiger partial charge in [0.15, 0.2) is 0 Å². The number of rotatable bonds is 7. The minimum atomic E-state index is -4.25. The first-order valence-electron chi connectivity index (χ1n) is 7.01. The molecule has 0 heterocycles. The van der Waals surface area contributed by atoms with Crippen molar-refractivity contribution in [2.24, 2.45) is 5.73 Å². The van der Waals surface area contributed by atoms with Crippen LogP contribution in [0.25, 0.3) is 0 Å². The Morgan fingerprint density at radius 3 is 2.35 bits per heavy atom. The first kappa shape index (κ1) is 16.8. The molecule has 20 heavy (non-hydrogen) atoms. The summed E-state index contributed by atoms with van der Waals surface area (Å²) in [6.07, 6.45) is 2.57. The minimum absolute atomic E-state index is 0.589. The van der Waals surface area contributed by atoms with E-state index in [9.17, 15) is 13.2 Å². The van der Waals surface area contributed by atoms with Gasteiger partial charge in [-0.25, -0.2) is 0 Å². The fourth-order valence-electron chi connectivity index (χ4n) is 2.06. The zero-order valence-corrected chi connectivity index (χ0v) is 11.8. The summed E-state index contributed by atoms with van der Waals surface area (Å²) in [4.78, 5) is 0. The normalized spacial score (nSPS) is 12.8. The van der Waals surface area contributed by atoms with Crippen molar-refractivity contribution < 1.29 is 13.2 Å². The van der Waals surface area contributed by atoms with Crippen LogP contribution in [0.3, 0.4) is 0 Å². The summed E-state index contributed by atoms with van der Waals surface area (Å²) in [5, 5.41) is 0. The summed E-state index contributed by atoms with van der Waals surface area (Å²) < 4.78 is 37.3. The minimum Gasteiger partial charge on any atom is -0.330 e. The van der Waals surface area contributed by atoms with Crippen LogP contribution in [-0.2, 0) is 12.6 Å². The van der Waals surface area contributed by atoms with Crippen molar-refractivity contribution >= 4 is 0 Å². The van der Waals surface area contributed by atoms with Crippen LogP contribution in [0, 0.1) is 0 Å². The standard InChI is InChI=1S/C16H22F3N/c1-2-13(7-4-12-20)5-3-6-14-8-10-15(11-9-14)16(17,18)19/h5,8-11H,2-4,6-7,12,20H2,1H3. The number of nitrogens with two attached hydrogens (primary N) is 1. The van der Waals surface area contributed by atoms with E-state index in [0.29, 0.717) is 6.54 Å². The van der Waals surface area contributed by atoms with E-state index in [1.807, 2.05) is 0 Å². The number of allylic oxidation sites excluding steroid dienone is 2. The molecule has 0 saturated carbocycles.